The molecule has 0 heterocycles. The average molecular weight is 282 g/mol. The Balaban J connectivity index is 2.90. The molecule has 1 atom stereocenters. The number of carbonyl (C=O) groups excluding carboxylic acids is 1. The molecule has 0 aliphatic carbocycles. The molecule has 1 aromatic rings. The number of nitrogens with two attached hydrogens (primary N) is 1. The van der Waals surface area contributed by atoms with Crippen molar-refractivity contribution in [2.24, 2.45) is 0 Å². The highest BCUT2D eigenvalue weighted by molar-refractivity contribution is 5.98. The molecule has 0 aromatic heterocycles. The van der Waals surface area contributed by atoms with E-state index in [-0.39, 0.29) is 6.61 Å². The molecule has 0 saturated carbocycles. The first-order valence-electron chi connectivity index (χ1n) is 6.45. The van der Waals surface area contributed by atoms with Gasteiger partial charge in [-0.25, -0.2) is 4.79 Å². The summed E-state index contributed by atoms with van der Waals surface area (Å²) < 4.78 is 9.84. The van der Waals surface area contributed by atoms with Crippen LogP contribution in [0.1, 0.15) is 17.3 Å². The molecule has 0 bridgehead atoms. The maximum absolute atomic E-state index is 11.8. The number of nitrogen functional groups attached to an aromatic ring is 1. The van der Waals surface area contributed by atoms with Gasteiger partial charge in [0.05, 0.1) is 36.3 Å². The molecule has 0 aliphatic heterocycles. The molecule has 6 nitrogen and oxygen atoms in total. The lowest BCUT2D eigenvalue weighted by Crippen LogP contribution is -2.32. The Labute approximate surface area is 119 Å². The van der Waals surface area contributed by atoms with Gasteiger partial charge in [-0.05, 0) is 19.1 Å². The Morgan fingerprint density at radius 3 is 2.80 bits per heavy atom. The summed E-state index contributed by atoms with van der Waals surface area (Å²) in [6.45, 7) is 2.63. The van der Waals surface area contributed by atoms with Gasteiger partial charge in [0.15, 0.2) is 0 Å². The molecule has 0 fully saturated rings. The number of likely N-dealkylation sites (N-methyl/N-ethyl adjacent to an activating group) is 1. The quantitative estimate of drug-likeness (QED) is 0.570. The van der Waals surface area contributed by atoms with Crippen molar-refractivity contribution >= 4 is 17.3 Å². The maximum atomic E-state index is 11.8. The number of esters is 1. The average Bonchev–Trinajstić information content (AvgIpc) is 2.39. The van der Waals surface area contributed by atoms with Crippen LogP contribution in [0.25, 0.3) is 0 Å². The number of hydrogen-bond donors (Lipinski definition) is 2. The topological polar surface area (TPSA) is 85.0 Å². The van der Waals surface area contributed by atoms with Crippen LogP contribution in [0.5, 0.6) is 0 Å². The highest BCUT2D eigenvalue weighted by Gasteiger charge is 2.17. The van der Waals surface area contributed by atoms with Crippen molar-refractivity contribution in [3.8, 4) is 0 Å². The predicted octanol–water partition coefficient (Wildman–Crippen LogP) is 0.889. The second kappa shape index (κ2) is 7.72. The summed E-state index contributed by atoms with van der Waals surface area (Å²) >= 11 is 0. The van der Waals surface area contributed by atoms with Crippen LogP contribution in [0.3, 0.4) is 0 Å². The fourth-order valence-corrected chi connectivity index (χ4v) is 1.93. The van der Waals surface area contributed by atoms with Crippen LogP contribution in [0.4, 0.5) is 11.4 Å². The van der Waals surface area contributed by atoms with Gasteiger partial charge in [-0.2, -0.15) is 0 Å². The van der Waals surface area contributed by atoms with E-state index < -0.39 is 12.1 Å². The van der Waals surface area contributed by atoms with Gasteiger partial charge >= 0.3 is 5.97 Å². The SMILES string of the molecule is CCOC(=O)c1cccc(N(C)CC(O)COC)c1N. The van der Waals surface area contributed by atoms with E-state index in [9.17, 15) is 9.90 Å². The Hall–Kier alpha value is -1.79. The van der Waals surface area contributed by atoms with Gasteiger partial charge in [-0.3, -0.25) is 0 Å². The van der Waals surface area contributed by atoms with Crippen LogP contribution >= 0.6 is 0 Å². The number of hydrogen-bond acceptors (Lipinski definition) is 6. The van der Waals surface area contributed by atoms with Crippen LogP contribution in [-0.2, 0) is 9.47 Å². The van der Waals surface area contributed by atoms with Crippen molar-refractivity contribution in [1.29, 1.82) is 0 Å². The summed E-state index contributed by atoms with van der Waals surface area (Å²) in [4.78, 5) is 13.6. The Morgan fingerprint density at radius 1 is 1.50 bits per heavy atom. The number of rotatable bonds is 7. The van der Waals surface area contributed by atoms with Crippen LogP contribution in [-0.4, -0.2) is 51.1 Å². The summed E-state index contributed by atoms with van der Waals surface area (Å²) in [5.74, 6) is -0.447. The third kappa shape index (κ3) is 4.11. The molecule has 0 radical (unpaired) electrons. The highest BCUT2D eigenvalue weighted by Crippen LogP contribution is 2.26. The number of methoxy groups -OCH3 is 1. The Bertz CT molecular complexity index is 451. The lowest BCUT2D eigenvalue weighted by molar-refractivity contribution is 0.0527. The molecule has 1 aromatic carbocycles. The number of carbonyl (C=O) groups is 1. The second-order valence-corrected chi connectivity index (χ2v) is 4.45. The minimum Gasteiger partial charge on any atom is -0.462 e. The van der Waals surface area contributed by atoms with Gasteiger partial charge in [0.25, 0.3) is 0 Å². The summed E-state index contributed by atoms with van der Waals surface area (Å²) in [6, 6.07) is 5.14. The van der Waals surface area contributed by atoms with Crippen molar-refractivity contribution in [1.82, 2.24) is 0 Å². The van der Waals surface area contributed by atoms with E-state index in [0.29, 0.717) is 30.1 Å². The normalized spacial score (nSPS) is 12.0. The Kier molecular flexibility index (Phi) is 6.27. The molecule has 0 saturated heterocycles. The zero-order chi connectivity index (χ0) is 15.1. The molecule has 20 heavy (non-hydrogen) atoms. The zero-order valence-corrected chi connectivity index (χ0v) is 12.1. The van der Waals surface area contributed by atoms with E-state index in [1.807, 2.05) is 0 Å². The summed E-state index contributed by atoms with van der Waals surface area (Å²) in [5, 5.41) is 9.74. The van der Waals surface area contributed by atoms with Crippen molar-refractivity contribution in [3.63, 3.8) is 0 Å². The number of benzene rings is 1. The number of nitrogens with zero attached hydrogens (tertiary/aromatic N) is 1. The number of aliphatic hydroxyl groups excluding tert-OH is 1. The summed E-state index contributed by atoms with van der Waals surface area (Å²) in [7, 11) is 3.32. The number of para-hydroxylation sites is 1. The van der Waals surface area contributed by atoms with Crippen LogP contribution in [0, 0.1) is 0 Å². The number of anilines is 2. The van der Waals surface area contributed by atoms with Crippen molar-refractivity contribution < 1.29 is 19.4 Å². The first-order valence-corrected chi connectivity index (χ1v) is 6.45. The standard InChI is InChI=1S/C14H22N2O4/c1-4-20-14(18)11-6-5-7-12(13(11)15)16(2)8-10(17)9-19-3/h5-7,10,17H,4,8-9,15H2,1-3H3. The van der Waals surface area contributed by atoms with E-state index in [0.717, 1.165) is 0 Å². The maximum Gasteiger partial charge on any atom is 0.340 e. The minimum absolute atomic E-state index is 0.238. The molecule has 0 aliphatic rings. The first kappa shape index (κ1) is 16.3. The lowest BCUT2D eigenvalue weighted by atomic mass is 10.1. The van der Waals surface area contributed by atoms with Gasteiger partial charge in [0.2, 0.25) is 0 Å². The molecule has 0 amide bonds. The van der Waals surface area contributed by atoms with E-state index in [1.165, 1.54) is 7.11 Å². The van der Waals surface area contributed by atoms with E-state index in [2.05, 4.69) is 0 Å². The van der Waals surface area contributed by atoms with Gasteiger partial charge in [-0.15, -0.1) is 0 Å². The molecule has 3 N–H and O–H groups in total. The molecule has 6 heteroatoms. The van der Waals surface area contributed by atoms with Gasteiger partial charge in [0.1, 0.15) is 0 Å². The van der Waals surface area contributed by atoms with Crippen molar-refractivity contribution in [3.05, 3.63) is 23.8 Å². The monoisotopic (exact) mass is 282 g/mol. The highest BCUT2D eigenvalue weighted by atomic mass is 16.5. The largest absolute Gasteiger partial charge is 0.462 e. The van der Waals surface area contributed by atoms with Crippen molar-refractivity contribution in [2.75, 3.05) is 44.5 Å². The van der Waals surface area contributed by atoms with Crippen molar-refractivity contribution in [2.45, 2.75) is 13.0 Å². The van der Waals surface area contributed by atoms with Crippen LogP contribution in [0.2, 0.25) is 0 Å². The van der Waals surface area contributed by atoms with Gasteiger partial charge in [-0.1, -0.05) is 6.07 Å². The van der Waals surface area contributed by atoms with E-state index in [4.69, 9.17) is 15.2 Å². The minimum atomic E-state index is -0.629. The summed E-state index contributed by atoms with van der Waals surface area (Å²) in [6.07, 6.45) is -0.629. The first-order chi connectivity index (χ1) is 9.51. The Morgan fingerprint density at radius 2 is 2.20 bits per heavy atom. The molecular formula is C14H22N2O4. The fourth-order valence-electron chi connectivity index (χ4n) is 1.93. The number of aliphatic hydroxyl groups is 1. The number of ether oxygens (including phenoxy) is 2. The molecular weight excluding hydrogens is 260 g/mol. The fraction of sp³-hybridized carbons (Fsp3) is 0.500. The van der Waals surface area contributed by atoms with Crippen LogP contribution in [0.15, 0.2) is 18.2 Å². The molecule has 0 spiro atoms. The summed E-state index contributed by atoms with van der Waals surface area (Å²) in [5.41, 5.74) is 7.36. The second-order valence-electron chi connectivity index (χ2n) is 4.45. The van der Waals surface area contributed by atoms with Crippen LogP contribution < -0.4 is 10.6 Å². The molecule has 112 valence electrons. The van der Waals surface area contributed by atoms with E-state index in [1.54, 1.807) is 37.1 Å². The molecule has 1 unspecified atom stereocenters. The molecule has 1 rings (SSSR count). The predicted molar refractivity (Wildman–Crippen MR) is 78.0 cm³/mol. The third-order valence-electron chi connectivity index (χ3n) is 2.83. The smallest absolute Gasteiger partial charge is 0.340 e. The zero-order valence-electron chi connectivity index (χ0n) is 12.1. The third-order valence-corrected chi connectivity index (χ3v) is 2.83. The van der Waals surface area contributed by atoms with E-state index >= 15 is 0 Å². The lowest BCUT2D eigenvalue weighted by Gasteiger charge is -2.24. The van der Waals surface area contributed by atoms with Gasteiger partial charge in [0, 0.05) is 20.7 Å². The van der Waals surface area contributed by atoms with Gasteiger partial charge < -0.3 is 25.2 Å².